The van der Waals surface area contributed by atoms with Crippen LogP contribution in [0.1, 0.15) is 23.5 Å². The monoisotopic (exact) mass is 482 g/mol. The van der Waals surface area contributed by atoms with Crippen LogP contribution in [0.5, 0.6) is 0 Å². The zero-order chi connectivity index (χ0) is 24.9. The Hall–Kier alpha value is -3.43. The lowest BCUT2D eigenvalue weighted by molar-refractivity contribution is -0.145. The number of rotatable bonds is 9. The molecule has 2 aliphatic rings. The van der Waals surface area contributed by atoms with E-state index in [1.54, 1.807) is 7.05 Å². The maximum absolute atomic E-state index is 12.7. The number of nitrogens with zero attached hydrogens (tertiary/aromatic N) is 1. The predicted molar refractivity (Wildman–Crippen MR) is 127 cm³/mol. The fourth-order valence-corrected chi connectivity index (χ4v) is 4.77. The lowest BCUT2D eigenvalue weighted by atomic mass is 9.98. The number of benzene rings is 2. The number of hydrogen-bond acceptors (Lipinski definition) is 6. The van der Waals surface area contributed by atoms with E-state index in [4.69, 9.17) is 14.2 Å². The van der Waals surface area contributed by atoms with E-state index in [2.05, 4.69) is 29.6 Å². The van der Waals surface area contributed by atoms with Crippen molar-refractivity contribution in [2.75, 3.05) is 40.5 Å². The Labute approximate surface area is 204 Å². The molecule has 1 aliphatic carbocycles. The van der Waals surface area contributed by atoms with Crippen LogP contribution >= 0.6 is 0 Å². The van der Waals surface area contributed by atoms with Crippen LogP contribution in [0.25, 0.3) is 11.1 Å². The number of carbonyl (C=O) groups is 3. The quantitative estimate of drug-likeness (QED) is 0.564. The van der Waals surface area contributed by atoms with Gasteiger partial charge in [-0.2, -0.15) is 0 Å². The second-order valence-electron chi connectivity index (χ2n) is 8.82. The number of alkyl carbamates (subject to hydrolysis) is 1. The minimum Gasteiger partial charge on any atom is -0.481 e. The third kappa shape index (κ3) is 5.31. The predicted octanol–water partition coefficient (Wildman–Crippen LogP) is 2.49. The van der Waals surface area contributed by atoms with Crippen LogP contribution in [0, 0.1) is 5.92 Å². The van der Waals surface area contributed by atoms with Crippen LogP contribution in [-0.4, -0.2) is 80.6 Å². The maximum atomic E-state index is 12.7. The molecular formula is C26H30N2O7. The highest BCUT2D eigenvalue weighted by Gasteiger charge is 2.38. The van der Waals surface area contributed by atoms with Gasteiger partial charge in [-0.1, -0.05) is 48.5 Å². The highest BCUT2D eigenvalue weighted by atomic mass is 16.5. The van der Waals surface area contributed by atoms with Gasteiger partial charge < -0.3 is 29.5 Å². The molecule has 9 heteroatoms. The third-order valence-electron chi connectivity index (χ3n) is 6.81. The van der Waals surface area contributed by atoms with Crippen LogP contribution in [-0.2, 0) is 23.8 Å². The summed E-state index contributed by atoms with van der Waals surface area (Å²) in [6.07, 6.45) is -1.19. The first-order valence-corrected chi connectivity index (χ1v) is 11.6. The van der Waals surface area contributed by atoms with Crippen LogP contribution < -0.4 is 5.32 Å². The smallest absolute Gasteiger partial charge is 0.407 e. The zero-order valence-electron chi connectivity index (χ0n) is 19.8. The van der Waals surface area contributed by atoms with Crippen LogP contribution in [0.3, 0.4) is 0 Å². The zero-order valence-corrected chi connectivity index (χ0v) is 19.8. The van der Waals surface area contributed by atoms with Crippen LogP contribution in [0.2, 0.25) is 0 Å². The number of nitrogens with one attached hydrogen (secondary N) is 1. The number of hydrogen-bond donors (Lipinski definition) is 2. The largest absolute Gasteiger partial charge is 0.481 e. The Balaban J connectivity index is 1.28. The number of fused-ring (bicyclic) bond motifs is 3. The Kier molecular flexibility index (Phi) is 7.67. The molecule has 0 saturated carbocycles. The van der Waals surface area contributed by atoms with Crippen molar-refractivity contribution in [3.05, 3.63) is 59.7 Å². The molecule has 1 saturated heterocycles. The molecule has 3 atom stereocenters. The van der Waals surface area contributed by atoms with Gasteiger partial charge in [0.1, 0.15) is 12.5 Å². The Morgan fingerprint density at radius 1 is 1.09 bits per heavy atom. The van der Waals surface area contributed by atoms with Gasteiger partial charge >= 0.3 is 12.1 Å². The molecule has 2 amide bonds. The van der Waals surface area contributed by atoms with Crippen molar-refractivity contribution in [2.45, 2.75) is 24.5 Å². The summed E-state index contributed by atoms with van der Waals surface area (Å²) in [6.45, 7) is 0.525. The number of methoxy groups -OCH3 is 1. The van der Waals surface area contributed by atoms with Gasteiger partial charge in [0.05, 0.1) is 31.8 Å². The van der Waals surface area contributed by atoms with Crippen molar-refractivity contribution in [1.29, 1.82) is 0 Å². The Morgan fingerprint density at radius 2 is 1.71 bits per heavy atom. The van der Waals surface area contributed by atoms with Crippen molar-refractivity contribution in [2.24, 2.45) is 5.92 Å². The molecule has 4 rings (SSSR count). The minimum atomic E-state index is -0.993. The second-order valence-corrected chi connectivity index (χ2v) is 8.82. The maximum Gasteiger partial charge on any atom is 0.407 e. The number of carboxylic acid groups (broad SMARTS) is 1. The first-order valence-electron chi connectivity index (χ1n) is 11.6. The molecule has 0 spiro atoms. The summed E-state index contributed by atoms with van der Waals surface area (Å²) in [5, 5.41) is 12.0. The fourth-order valence-electron chi connectivity index (χ4n) is 4.77. The molecular weight excluding hydrogens is 452 g/mol. The fraction of sp³-hybridized carbons (Fsp3) is 0.423. The Morgan fingerprint density at radius 3 is 2.31 bits per heavy atom. The molecule has 1 fully saturated rings. The summed E-state index contributed by atoms with van der Waals surface area (Å²) in [5.74, 6) is -2.08. The normalized spacial score (nSPS) is 19.5. The molecule has 0 radical (unpaired) electrons. The molecule has 35 heavy (non-hydrogen) atoms. The lowest BCUT2D eigenvalue weighted by Gasteiger charge is -2.28. The standard InChI is InChI=1S/C26H30N2O7/c1-28(23-15-34-13-22(23)25(30)31)24(29)11-16(33-2)12-27-26(32)35-14-21-19-9-5-3-7-17(19)18-8-4-6-10-20(18)21/h3-10,16,21-23H,11-15H2,1-2H3,(H,27,32)(H,30,31). The van der Waals surface area contributed by atoms with Gasteiger partial charge in [-0.25, -0.2) is 4.79 Å². The van der Waals surface area contributed by atoms with E-state index in [-0.39, 0.29) is 44.6 Å². The van der Waals surface area contributed by atoms with Crippen LogP contribution in [0.15, 0.2) is 48.5 Å². The average molecular weight is 483 g/mol. The van der Waals surface area contributed by atoms with E-state index >= 15 is 0 Å². The van der Waals surface area contributed by atoms with Crippen molar-refractivity contribution < 1.29 is 33.7 Å². The van der Waals surface area contributed by atoms with E-state index in [0.29, 0.717) is 0 Å². The summed E-state index contributed by atoms with van der Waals surface area (Å²) < 4.78 is 16.1. The summed E-state index contributed by atoms with van der Waals surface area (Å²) in [5.41, 5.74) is 4.55. The first-order chi connectivity index (χ1) is 16.9. The van der Waals surface area contributed by atoms with Gasteiger partial charge in [0.15, 0.2) is 0 Å². The number of likely N-dealkylation sites (N-methyl/N-ethyl adjacent to an activating group) is 1. The van der Waals surface area contributed by atoms with Crippen molar-refractivity contribution >= 4 is 18.0 Å². The lowest BCUT2D eigenvalue weighted by Crippen LogP contribution is -2.46. The molecule has 1 heterocycles. The van der Waals surface area contributed by atoms with Gasteiger partial charge in [0, 0.05) is 26.6 Å². The van der Waals surface area contributed by atoms with Crippen LogP contribution in [0.4, 0.5) is 4.79 Å². The summed E-state index contributed by atoms with van der Waals surface area (Å²) in [7, 11) is 3.01. The van der Waals surface area contributed by atoms with Gasteiger partial charge in [0.25, 0.3) is 0 Å². The number of carbonyl (C=O) groups excluding carboxylic acids is 2. The summed E-state index contributed by atoms with van der Waals surface area (Å²) in [4.78, 5) is 37.9. The van der Waals surface area contributed by atoms with Crippen molar-refractivity contribution in [1.82, 2.24) is 10.2 Å². The molecule has 2 aromatic rings. The first kappa shape index (κ1) is 24.7. The number of ether oxygens (including phenoxy) is 3. The summed E-state index contributed by atoms with van der Waals surface area (Å²) >= 11 is 0. The molecule has 3 unspecified atom stereocenters. The minimum absolute atomic E-state index is 0.0144. The van der Waals surface area contributed by atoms with Crippen molar-refractivity contribution in [3.63, 3.8) is 0 Å². The highest BCUT2D eigenvalue weighted by molar-refractivity contribution is 5.80. The summed E-state index contributed by atoms with van der Waals surface area (Å²) in [6, 6.07) is 15.7. The van der Waals surface area contributed by atoms with E-state index < -0.39 is 30.1 Å². The number of amides is 2. The highest BCUT2D eigenvalue weighted by Crippen LogP contribution is 2.44. The molecule has 0 aromatic heterocycles. The second kappa shape index (κ2) is 10.9. The molecule has 0 bridgehead atoms. The third-order valence-corrected chi connectivity index (χ3v) is 6.81. The van der Waals surface area contributed by atoms with E-state index in [9.17, 15) is 19.5 Å². The van der Waals surface area contributed by atoms with Gasteiger partial charge in [-0.15, -0.1) is 0 Å². The van der Waals surface area contributed by atoms with Gasteiger partial charge in [-0.05, 0) is 22.3 Å². The van der Waals surface area contributed by atoms with E-state index in [1.807, 2.05) is 24.3 Å². The topological polar surface area (TPSA) is 114 Å². The SMILES string of the molecule is COC(CNC(=O)OCC1c2ccccc2-c2ccccc21)CC(=O)N(C)C1COCC1C(=O)O. The number of aliphatic carboxylic acids is 1. The molecule has 1 aliphatic heterocycles. The molecule has 2 aromatic carbocycles. The van der Waals surface area contributed by atoms with Gasteiger partial charge in [0.2, 0.25) is 5.91 Å². The molecule has 2 N–H and O–H groups in total. The Bertz CT molecular complexity index is 1040. The van der Waals surface area contributed by atoms with Gasteiger partial charge in [-0.3, -0.25) is 9.59 Å². The number of carboxylic acids is 1. The van der Waals surface area contributed by atoms with Crippen molar-refractivity contribution in [3.8, 4) is 11.1 Å². The molecule has 9 nitrogen and oxygen atoms in total. The average Bonchev–Trinajstić information content (AvgIpc) is 3.48. The van der Waals surface area contributed by atoms with E-state index in [0.717, 1.165) is 22.3 Å². The molecule has 186 valence electrons. The van der Waals surface area contributed by atoms with E-state index in [1.165, 1.54) is 12.0 Å².